The van der Waals surface area contributed by atoms with Gasteiger partial charge in [0.05, 0.1) is 0 Å². The van der Waals surface area contributed by atoms with Crippen molar-refractivity contribution in [3.8, 4) is 0 Å². The van der Waals surface area contributed by atoms with Crippen LogP contribution in [0, 0.1) is 11.3 Å². The number of carbonyl (C=O) groups excluding carboxylic acids is 1. The monoisotopic (exact) mass is 199 g/mol. The second-order valence-corrected chi connectivity index (χ2v) is 5.77. The van der Waals surface area contributed by atoms with Crippen LogP contribution in [0.1, 0.15) is 26.7 Å². The van der Waals surface area contributed by atoms with E-state index in [4.69, 9.17) is 0 Å². The maximum atomic E-state index is 11.3. The van der Waals surface area contributed by atoms with Crippen LogP contribution in [0.15, 0.2) is 0 Å². The number of amides is 1. The third kappa shape index (κ3) is 1.58. The van der Waals surface area contributed by atoms with Gasteiger partial charge in [-0.1, -0.05) is 13.8 Å². The lowest BCUT2D eigenvalue weighted by Gasteiger charge is -2.42. The van der Waals surface area contributed by atoms with Crippen LogP contribution in [-0.2, 0) is 4.79 Å². The number of thioether (sulfide) groups is 1. The number of carbonyl (C=O) groups is 1. The Morgan fingerprint density at radius 2 is 2.31 bits per heavy atom. The van der Waals surface area contributed by atoms with Gasteiger partial charge in [-0.25, -0.2) is 0 Å². The van der Waals surface area contributed by atoms with Gasteiger partial charge in [0.15, 0.2) is 0 Å². The molecule has 0 aromatic rings. The zero-order valence-electron chi connectivity index (χ0n) is 8.30. The molecule has 2 heterocycles. The highest BCUT2D eigenvalue weighted by Gasteiger charge is 2.51. The van der Waals surface area contributed by atoms with Crippen molar-refractivity contribution in [3.05, 3.63) is 0 Å². The van der Waals surface area contributed by atoms with Gasteiger partial charge in [0.1, 0.15) is 0 Å². The summed E-state index contributed by atoms with van der Waals surface area (Å²) in [6.07, 6.45) is 1.92. The van der Waals surface area contributed by atoms with Gasteiger partial charge < -0.3 is 5.32 Å². The first-order chi connectivity index (χ1) is 6.12. The molecular formula is C10H17NOS. The van der Waals surface area contributed by atoms with E-state index in [1.165, 1.54) is 11.5 Å². The Kier molecular flexibility index (Phi) is 2.30. The first-order valence-corrected chi connectivity index (χ1v) is 6.15. The first kappa shape index (κ1) is 9.38. The minimum atomic E-state index is 0.269. The third-order valence-corrected chi connectivity index (χ3v) is 4.63. The van der Waals surface area contributed by atoms with Crippen LogP contribution in [0.25, 0.3) is 0 Å². The fraction of sp³-hybridized carbons (Fsp3) is 0.900. The molecule has 0 aliphatic carbocycles. The van der Waals surface area contributed by atoms with E-state index in [2.05, 4.69) is 19.2 Å². The predicted octanol–water partition coefficient (Wildman–Crippen LogP) is 1.65. The van der Waals surface area contributed by atoms with E-state index >= 15 is 0 Å². The smallest absolute Gasteiger partial charge is 0.220 e. The molecule has 0 saturated carbocycles. The molecule has 2 nitrogen and oxygen atoms in total. The lowest BCUT2D eigenvalue weighted by Crippen LogP contribution is -2.46. The van der Waals surface area contributed by atoms with E-state index in [9.17, 15) is 4.79 Å². The maximum Gasteiger partial charge on any atom is 0.220 e. The molecule has 1 spiro atoms. The zero-order valence-corrected chi connectivity index (χ0v) is 9.12. The average molecular weight is 199 g/mol. The van der Waals surface area contributed by atoms with Crippen molar-refractivity contribution in [2.45, 2.75) is 32.7 Å². The number of hydrogen-bond donors (Lipinski definition) is 1. The summed E-state index contributed by atoms with van der Waals surface area (Å²) in [4.78, 5) is 11.3. The van der Waals surface area contributed by atoms with Gasteiger partial charge in [-0.3, -0.25) is 4.79 Å². The second kappa shape index (κ2) is 3.19. The first-order valence-electron chi connectivity index (χ1n) is 4.99. The highest BCUT2D eigenvalue weighted by Crippen LogP contribution is 2.48. The lowest BCUT2D eigenvalue weighted by atomic mass is 9.80. The van der Waals surface area contributed by atoms with Crippen molar-refractivity contribution < 1.29 is 4.79 Å². The molecule has 0 aromatic heterocycles. The summed E-state index contributed by atoms with van der Waals surface area (Å²) in [5, 5.41) is 3.13. The van der Waals surface area contributed by atoms with Gasteiger partial charge in [-0.2, -0.15) is 11.8 Å². The number of rotatable bonds is 2. The standard InChI is InChI=1S/C10H17NOS/c1-7(2)3-8-10(5-13-6-10)4-9(12)11-8/h7-8H,3-6H2,1-2H3,(H,11,12). The summed E-state index contributed by atoms with van der Waals surface area (Å²) in [6.45, 7) is 4.45. The molecule has 1 amide bonds. The van der Waals surface area contributed by atoms with E-state index in [-0.39, 0.29) is 5.91 Å². The highest BCUT2D eigenvalue weighted by atomic mass is 32.2. The van der Waals surface area contributed by atoms with Crippen LogP contribution in [0.3, 0.4) is 0 Å². The van der Waals surface area contributed by atoms with Crippen LogP contribution in [0.2, 0.25) is 0 Å². The van der Waals surface area contributed by atoms with Crippen LogP contribution in [0.5, 0.6) is 0 Å². The molecule has 1 atom stereocenters. The number of hydrogen-bond acceptors (Lipinski definition) is 2. The van der Waals surface area contributed by atoms with Crippen LogP contribution >= 0.6 is 11.8 Å². The molecule has 2 aliphatic heterocycles. The Morgan fingerprint density at radius 3 is 2.77 bits per heavy atom. The predicted molar refractivity (Wildman–Crippen MR) is 55.8 cm³/mol. The molecule has 2 saturated heterocycles. The zero-order chi connectivity index (χ0) is 9.47. The third-order valence-electron chi connectivity index (χ3n) is 3.07. The van der Waals surface area contributed by atoms with Crippen molar-refractivity contribution in [3.63, 3.8) is 0 Å². The fourth-order valence-electron chi connectivity index (χ4n) is 2.29. The van der Waals surface area contributed by atoms with Gasteiger partial charge in [-0.15, -0.1) is 0 Å². The molecule has 1 unspecified atom stereocenters. The molecule has 0 bridgehead atoms. The van der Waals surface area contributed by atoms with Gasteiger partial charge in [0, 0.05) is 29.4 Å². The second-order valence-electron chi connectivity index (χ2n) is 4.78. The van der Waals surface area contributed by atoms with Crippen LogP contribution in [0.4, 0.5) is 0 Å². The molecule has 2 aliphatic rings. The van der Waals surface area contributed by atoms with Crippen molar-refractivity contribution in [1.82, 2.24) is 5.32 Å². The molecule has 74 valence electrons. The number of nitrogens with one attached hydrogen (secondary N) is 1. The minimum absolute atomic E-state index is 0.269. The molecule has 1 N–H and O–H groups in total. The fourth-order valence-corrected chi connectivity index (χ4v) is 3.62. The van der Waals surface area contributed by atoms with E-state index < -0.39 is 0 Å². The van der Waals surface area contributed by atoms with Crippen molar-refractivity contribution in [2.24, 2.45) is 11.3 Å². The van der Waals surface area contributed by atoms with E-state index in [0.717, 1.165) is 12.8 Å². The molecule has 2 fully saturated rings. The van der Waals surface area contributed by atoms with Crippen molar-refractivity contribution >= 4 is 17.7 Å². The summed E-state index contributed by atoms with van der Waals surface area (Å²) in [6, 6.07) is 0.459. The van der Waals surface area contributed by atoms with Gasteiger partial charge in [-0.05, 0) is 12.3 Å². The molecule has 0 radical (unpaired) electrons. The van der Waals surface area contributed by atoms with Gasteiger partial charge in [0.25, 0.3) is 0 Å². The molecule has 3 heteroatoms. The quantitative estimate of drug-likeness (QED) is 0.732. The Bertz CT molecular complexity index is 223. The van der Waals surface area contributed by atoms with Crippen LogP contribution < -0.4 is 5.32 Å². The highest BCUT2D eigenvalue weighted by molar-refractivity contribution is 8.00. The molecular weight excluding hydrogens is 182 g/mol. The summed E-state index contributed by atoms with van der Waals surface area (Å²) in [7, 11) is 0. The molecule has 13 heavy (non-hydrogen) atoms. The Hall–Kier alpha value is -0.180. The SMILES string of the molecule is CC(C)CC1NC(=O)CC12CSC2. The minimum Gasteiger partial charge on any atom is -0.353 e. The summed E-state index contributed by atoms with van der Waals surface area (Å²) in [5.41, 5.74) is 0.339. The van der Waals surface area contributed by atoms with E-state index in [0.29, 0.717) is 17.4 Å². The van der Waals surface area contributed by atoms with Crippen LogP contribution in [-0.4, -0.2) is 23.5 Å². The van der Waals surface area contributed by atoms with Crippen molar-refractivity contribution in [1.29, 1.82) is 0 Å². The Labute approximate surface area is 83.8 Å². The molecule has 0 aromatic carbocycles. The van der Waals surface area contributed by atoms with Gasteiger partial charge >= 0.3 is 0 Å². The molecule has 2 rings (SSSR count). The summed E-state index contributed by atoms with van der Waals surface area (Å²) in [5.74, 6) is 3.32. The summed E-state index contributed by atoms with van der Waals surface area (Å²) < 4.78 is 0. The topological polar surface area (TPSA) is 29.1 Å². The largest absolute Gasteiger partial charge is 0.353 e. The van der Waals surface area contributed by atoms with E-state index in [1.807, 2.05) is 11.8 Å². The maximum absolute atomic E-state index is 11.3. The van der Waals surface area contributed by atoms with E-state index in [1.54, 1.807) is 0 Å². The average Bonchev–Trinajstić information content (AvgIpc) is 2.24. The normalized spacial score (nSPS) is 30.7. The van der Waals surface area contributed by atoms with Crippen molar-refractivity contribution in [2.75, 3.05) is 11.5 Å². The van der Waals surface area contributed by atoms with Gasteiger partial charge in [0.2, 0.25) is 5.91 Å². The Balaban J connectivity index is 2.04. The Morgan fingerprint density at radius 1 is 1.62 bits per heavy atom. The summed E-state index contributed by atoms with van der Waals surface area (Å²) >= 11 is 1.97. The lowest BCUT2D eigenvalue weighted by molar-refractivity contribution is -0.119.